The molecule has 1 heterocycles. The van der Waals surface area contributed by atoms with Crippen molar-refractivity contribution in [1.29, 1.82) is 0 Å². The first kappa shape index (κ1) is 21.3. The summed E-state index contributed by atoms with van der Waals surface area (Å²) in [5.74, 6) is -0.375. The van der Waals surface area contributed by atoms with Gasteiger partial charge in [-0.25, -0.2) is 12.8 Å². The monoisotopic (exact) mass is 429 g/mol. The molecule has 0 aliphatic rings. The van der Waals surface area contributed by atoms with E-state index in [9.17, 15) is 17.6 Å². The Morgan fingerprint density at radius 3 is 2.57 bits per heavy atom. The van der Waals surface area contributed by atoms with Gasteiger partial charge in [0.25, 0.3) is 15.9 Å². The van der Waals surface area contributed by atoms with Gasteiger partial charge in [-0.2, -0.15) is 0 Å². The van der Waals surface area contributed by atoms with E-state index in [2.05, 4.69) is 15.0 Å². The highest BCUT2D eigenvalue weighted by Gasteiger charge is 2.16. The predicted octanol–water partition coefficient (Wildman–Crippen LogP) is 3.03. The van der Waals surface area contributed by atoms with Gasteiger partial charge in [-0.1, -0.05) is 6.07 Å². The normalized spacial score (nSPS) is 11.0. The molecule has 1 amide bonds. The first-order chi connectivity index (χ1) is 14.3. The van der Waals surface area contributed by atoms with Crippen molar-refractivity contribution < 1.29 is 22.3 Å². The first-order valence-corrected chi connectivity index (χ1v) is 10.5. The summed E-state index contributed by atoms with van der Waals surface area (Å²) in [5, 5.41) is 2.72. The molecule has 0 aliphatic carbocycles. The molecular weight excluding hydrogens is 409 g/mol. The molecule has 0 radical (unpaired) electrons. The lowest BCUT2D eigenvalue weighted by atomic mass is 10.2. The van der Waals surface area contributed by atoms with E-state index >= 15 is 0 Å². The summed E-state index contributed by atoms with van der Waals surface area (Å²) in [6.07, 6.45) is 3.31. The van der Waals surface area contributed by atoms with E-state index in [0.29, 0.717) is 17.9 Å². The van der Waals surface area contributed by atoms with E-state index < -0.39 is 15.8 Å². The summed E-state index contributed by atoms with van der Waals surface area (Å²) >= 11 is 0. The van der Waals surface area contributed by atoms with Gasteiger partial charge in [0.1, 0.15) is 11.6 Å². The van der Waals surface area contributed by atoms with Crippen molar-refractivity contribution in [3.63, 3.8) is 0 Å². The molecule has 30 heavy (non-hydrogen) atoms. The number of pyridine rings is 1. The number of sulfonamides is 1. The Kier molecular flexibility index (Phi) is 6.63. The van der Waals surface area contributed by atoms with E-state index in [1.54, 1.807) is 25.4 Å². The number of ether oxygens (including phenoxy) is 1. The van der Waals surface area contributed by atoms with Gasteiger partial charge in [-0.3, -0.25) is 14.5 Å². The Morgan fingerprint density at radius 2 is 1.90 bits per heavy atom. The molecule has 2 aromatic carbocycles. The Balaban J connectivity index is 1.59. The average Bonchev–Trinajstić information content (AvgIpc) is 2.73. The molecule has 0 saturated heterocycles. The molecule has 7 nitrogen and oxygen atoms in total. The third-order valence-electron chi connectivity index (χ3n) is 4.12. The van der Waals surface area contributed by atoms with Crippen LogP contribution in [0.4, 0.5) is 10.1 Å². The topological polar surface area (TPSA) is 97.4 Å². The zero-order valence-corrected chi connectivity index (χ0v) is 16.9. The average molecular weight is 429 g/mol. The number of rotatable bonds is 8. The van der Waals surface area contributed by atoms with Crippen LogP contribution < -0.4 is 14.8 Å². The molecule has 156 valence electrons. The van der Waals surface area contributed by atoms with Crippen LogP contribution in [-0.2, 0) is 21.4 Å². The zero-order chi connectivity index (χ0) is 21.6. The zero-order valence-electron chi connectivity index (χ0n) is 16.1. The first-order valence-electron chi connectivity index (χ1n) is 9.01. The molecule has 3 rings (SSSR count). The van der Waals surface area contributed by atoms with Gasteiger partial charge in [0.15, 0.2) is 6.61 Å². The van der Waals surface area contributed by atoms with Crippen molar-refractivity contribution in [1.82, 2.24) is 10.3 Å². The Bertz CT molecular complexity index is 1120. The maximum absolute atomic E-state index is 13.0. The Hall–Kier alpha value is -3.46. The number of carbonyl (C=O) groups excluding carboxylic acids is 1. The fraction of sp³-hybridized carbons (Fsp3) is 0.143. The minimum Gasteiger partial charge on any atom is -0.484 e. The molecular formula is C21H20FN3O4S. The lowest BCUT2D eigenvalue weighted by molar-refractivity contribution is -0.123. The number of halogens is 1. The van der Waals surface area contributed by atoms with E-state index in [0.717, 1.165) is 5.56 Å². The van der Waals surface area contributed by atoms with Crippen LogP contribution in [0.3, 0.4) is 0 Å². The molecule has 0 spiro atoms. The van der Waals surface area contributed by atoms with Gasteiger partial charge in [0.2, 0.25) is 0 Å². The summed E-state index contributed by atoms with van der Waals surface area (Å²) < 4.78 is 45.9. The molecule has 0 bridgehead atoms. The number of nitrogens with one attached hydrogen (secondary N) is 2. The number of aromatic nitrogens is 1. The number of benzene rings is 2. The van der Waals surface area contributed by atoms with Crippen LogP contribution >= 0.6 is 0 Å². The van der Waals surface area contributed by atoms with Gasteiger partial charge < -0.3 is 10.1 Å². The van der Waals surface area contributed by atoms with Crippen molar-refractivity contribution >= 4 is 21.6 Å². The minimum absolute atomic E-state index is 0.0257. The number of anilines is 1. The largest absolute Gasteiger partial charge is 0.484 e. The predicted molar refractivity (Wildman–Crippen MR) is 110 cm³/mol. The van der Waals surface area contributed by atoms with Crippen LogP contribution in [0.1, 0.15) is 11.1 Å². The molecule has 0 unspecified atom stereocenters. The number of carbonyl (C=O) groups is 1. The van der Waals surface area contributed by atoms with E-state index in [-0.39, 0.29) is 23.1 Å². The van der Waals surface area contributed by atoms with E-state index in [1.807, 2.05) is 6.07 Å². The summed E-state index contributed by atoms with van der Waals surface area (Å²) in [7, 11) is -3.85. The Morgan fingerprint density at radius 1 is 1.13 bits per heavy atom. The number of aryl methyl sites for hydroxylation is 1. The molecule has 3 aromatic rings. The highest BCUT2D eigenvalue weighted by molar-refractivity contribution is 7.92. The van der Waals surface area contributed by atoms with Crippen LogP contribution in [0.5, 0.6) is 5.75 Å². The van der Waals surface area contributed by atoms with Gasteiger partial charge >= 0.3 is 0 Å². The van der Waals surface area contributed by atoms with Crippen molar-refractivity contribution in [2.24, 2.45) is 0 Å². The lowest BCUT2D eigenvalue weighted by Gasteiger charge is -2.12. The highest BCUT2D eigenvalue weighted by atomic mass is 32.2. The third-order valence-corrected chi connectivity index (χ3v) is 5.50. The highest BCUT2D eigenvalue weighted by Crippen LogP contribution is 2.23. The summed E-state index contributed by atoms with van der Waals surface area (Å²) in [5.41, 5.74) is 1.67. The second kappa shape index (κ2) is 9.36. The van der Waals surface area contributed by atoms with Gasteiger partial charge in [0.05, 0.1) is 4.90 Å². The van der Waals surface area contributed by atoms with E-state index in [1.165, 1.54) is 42.5 Å². The maximum Gasteiger partial charge on any atom is 0.261 e. The summed E-state index contributed by atoms with van der Waals surface area (Å²) in [6.45, 7) is 1.81. The second-order valence-electron chi connectivity index (χ2n) is 6.47. The summed E-state index contributed by atoms with van der Waals surface area (Å²) in [6, 6.07) is 12.9. The maximum atomic E-state index is 13.0. The second-order valence-corrected chi connectivity index (χ2v) is 8.15. The van der Waals surface area contributed by atoms with Crippen LogP contribution in [0.2, 0.25) is 0 Å². The number of hydrogen-bond acceptors (Lipinski definition) is 5. The standard InChI is InChI=1S/C21H20FN3O4S/c1-15-11-19(30(27,28)25-18-6-4-17(22)5-7-18)8-9-20(15)29-14-21(26)24-13-16-3-2-10-23-12-16/h2-12,25H,13-14H2,1H3,(H,24,26). The number of nitrogens with zero attached hydrogens (tertiary/aromatic N) is 1. The minimum atomic E-state index is -3.85. The van der Waals surface area contributed by atoms with Crippen LogP contribution in [0.15, 0.2) is 71.9 Å². The number of amides is 1. The van der Waals surface area contributed by atoms with Gasteiger partial charge in [0, 0.05) is 24.6 Å². The molecule has 0 fully saturated rings. The summed E-state index contributed by atoms with van der Waals surface area (Å²) in [4.78, 5) is 16.0. The quantitative estimate of drug-likeness (QED) is 0.574. The lowest BCUT2D eigenvalue weighted by Crippen LogP contribution is -2.28. The van der Waals surface area contributed by atoms with Crippen molar-refractivity contribution in [3.05, 3.63) is 83.9 Å². The molecule has 2 N–H and O–H groups in total. The van der Waals surface area contributed by atoms with Gasteiger partial charge in [-0.15, -0.1) is 0 Å². The van der Waals surface area contributed by atoms with Crippen molar-refractivity contribution in [2.75, 3.05) is 11.3 Å². The fourth-order valence-electron chi connectivity index (χ4n) is 2.58. The van der Waals surface area contributed by atoms with Gasteiger partial charge in [-0.05, 0) is 66.6 Å². The molecule has 9 heteroatoms. The smallest absolute Gasteiger partial charge is 0.261 e. The number of hydrogen-bond donors (Lipinski definition) is 2. The SMILES string of the molecule is Cc1cc(S(=O)(=O)Nc2ccc(F)cc2)ccc1OCC(=O)NCc1cccnc1. The molecule has 0 saturated carbocycles. The fourth-order valence-corrected chi connectivity index (χ4v) is 3.72. The van der Waals surface area contributed by atoms with Crippen LogP contribution in [0, 0.1) is 12.7 Å². The van der Waals surface area contributed by atoms with E-state index in [4.69, 9.17) is 4.74 Å². The Labute approximate surface area is 174 Å². The molecule has 0 aliphatic heterocycles. The molecule has 1 aromatic heterocycles. The third kappa shape index (κ3) is 5.77. The van der Waals surface area contributed by atoms with Crippen LogP contribution in [0.25, 0.3) is 0 Å². The van der Waals surface area contributed by atoms with Crippen LogP contribution in [-0.4, -0.2) is 25.9 Å². The van der Waals surface area contributed by atoms with Crippen molar-refractivity contribution in [2.45, 2.75) is 18.4 Å². The molecule has 0 atom stereocenters. The van der Waals surface area contributed by atoms with Crippen molar-refractivity contribution in [3.8, 4) is 5.75 Å².